The molecule has 0 radical (unpaired) electrons. The van der Waals surface area contributed by atoms with Crippen molar-refractivity contribution in [2.45, 2.75) is 124 Å². The molecule has 0 atom stereocenters. The van der Waals surface area contributed by atoms with Crippen molar-refractivity contribution < 1.29 is 45.0 Å². The minimum atomic E-state index is -1.61. The molecule has 0 saturated heterocycles. The number of hydrogen-bond acceptors (Lipinski definition) is 5. The Morgan fingerprint density at radius 1 is 0.387 bits per heavy atom. The van der Waals surface area contributed by atoms with Gasteiger partial charge in [0.05, 0.1) is 0 Å². The third kappa shape index (κ3) is 465. The van der Waals surface area contributed by atoms with Crippen molar-refractivity contribution in [3.05, 3.63) is 0 Å². The average molecular weight is 733 g/mol. The van der Waals surface area contributed by atoms with Gasteiger partial charge in [0, 0.05) is 29.1 Å². The molecule has 0 aromatic rings. The first-order valence-electron chi connectivity index (χ1n) is 10.6. The molecule has 4 N–H and O–H groups in total. The molecule has 0 spiro atoms. The first-order valence-corrected chi connectivity index (χ1v) is 31.7. The Kier molecular flexibility index (Phi) is 32.2. The Bertz CT molecular complexity index is 290. The fourth-order valence-electron chi connectivity index (χ4n) is 0.919. The predicted octanol–water partition coefficient (Wildman–Crippen LogP) is 6.89. The van der Waals surface area contributed by atoms with Crippen LogP contribution in [0.5, 0.6) is 0 Å². The van der Waals surface area contributed by atoms with Crippen LogP contribution in [0, 0.1) is 0 Å². The maximum absolute atomic E-state index is 8.66. The van der Waals surface area contributed by atoms with Crippen LogP contribution in [0.1, 0.15) is 0 Å². The van der Waals surface area contributed by atoms with Crippen molar-refractivity contribution in [1.82, 2.24) is 0 Å². The standard InChI is InChI=1S/C6H18OSi2.C4H12Si.3C3H10OSi.H2O.Pt/c1-8(2,3)7-9(4,5)6;4*1-5(2,3)4;;/h1-6H3;1-4H3;3*4H,1-3H3;1H2;/p-1. The minimum Gasteiger partial charge on any atom is -0.870 e. The summed E-state index contributed by atoms with van der Waals surface area (Å²) in [6, 6.07) is 0. The normalized spacial score (nSPS) is 11.8. The van der Waals surface area contributed by atoms with Gasteiger partial charge in [0.2, 0.25) is 0 Å². The summed E-state index contributed by atoms with van der Waals surface area (Å²) in [7, 11) is -7.91. The zero-order valence-corrected chi connectivity index (χ0v) is 32.8. The number of rotatable bonds is 2. The molecule has 0 aliphatic carbocycles. The first kappa shape index (κ1) is 49.8. The molecule has 31 heavy (non-hydrogen) atoms. The van der Waals surface area contributed by atoms with Gasteiger partial charge < -0.3 is 24.0 Å². The second kappa shape index (κ2) is 20.0. The van der Waals surface area contributed by atoms with Gasteiger partial charge >= 0.3 is 0 Å². The Morgan fingerprint density at radius 2 is 0.452 bits per heavy atom. The molecule has 5 nitrogen and oxygen atoms in total. The summed E-state index contributed by atoms with van der Waals surface area (Å²) in [6.45, 7) is 39.7. The molecule has 0 aliphatic rings. The second-order valence-electron chi connectivity index (χ2n) is 13.8. The molecule has 12 heteroatoms. The molecule has 0 unspecified atom stereocenters. The van der Waals surface area contributed by atoms with Gasteiger partial charge in [-0.05, 0) is 98.2 Å². The summed E-state index contributed by atoms with van der Waals surface area (Å²) in [5.41, 5.74) is 0. The van der Waals surface area contributed by atoms with Gasteiger partial charge in [0.15, 0.2) is 41.6 Å². The molecular weight excluding hydrogens is 672 g/mol. The van der Waals surface area contributed by atoms with E-state index >= 15 is 0 Å². The van der Waals surface area contributed by atoms with Crippen molar-refractivity contribution in [2.75, 3.05) is 0 Å². The predicted molar refractivity (Wildman–Crippen MR) is 156 cm³/mol. The Labute approximate surface area is 218 Å². The number of hydrogen-bond donors (Lipinski definition) is 3. The van der Waals surface area contributed by atoms with Crippen molar-refractivity contribution >= 4 is 49.7 Å². The van der Waals surface area contributed by atoms with Gasteiger partial charge in [-0.3, -0.25) is 0 Å². The van der Waals surface area contributed by atoms with Crippen LogP contribution in [0.3, 0.4) is 0 Å². The van der Waals surface area contributed by atoms with Gasteiger partial charge in [-0.15, -0.1) is 0 Å². The van der Waals surface area contributed by atoms with Crippen LogP contribution < -0.4 is 0 Å². The van der Waals surface area contributed by atoms with E-state index in [-0.39, 0.29) is 26.5 Å². The molecule has 0 rings (SSSR count). The van der Waals surface area contributed by atoms with Crippen LogP contribution in [-0.4, -0.2) is 69.5 Å². The molecule has 0 amide bonds. The molecule has 202 valence electrons. The Balaban J connectivity index is -0.0000000470. The smallest absolute Gasteiger partial charge is 0.179 e. The van der Waals surface area contributed by atoms with E-state index in [1.54, 1.807) is 0 Å². The first-order chi connectivity index (χ1) is 11.7. The fraction of sp³-hybridized carbons (Fsp3) is 1.00. The van der Waals surface area contributed by atoms with Crippen LogP contribution in [-0.2, 0) is 25.2 Å². The molecule has 0 aromatic heterocycles. The van der Waals surface area contributed by atoms with Crippen LogP contribution in [0.15, 0.2) is 0 Å². The Morgan fingerprint density at radius 3 is 0.452 bits per heavy atom. The summed E-state index contributed by atoms with van der Waals surface area (Å²) in [4.78, 5) is 26.0. The molecule has 0 aromatic carbocycles. The van der Waals surface area contributed by atoms with Crippen LogP contribution in [0.25, 0.3) is 0 Å². The van der Waals surface area contributed by atoms with Gasteiger partial charge in [-0.2, -0.15) is 0 Å². The van der Waals surface area contributed by atoms with Crippen LogP contribution >= 0.6 is 0 Å². The van der Waals surface area contributed by atoms with Crippen LogP contribution in [0.4, 0.5) is 0 Å². The topological polar surface area (TPSA) is 99.9 Å². The summed E-state index contributed by atoms with van der Waals surface area (Å²) >= 11 is 0. The SMILES string of the molecule is C[Si](C)(C)C.C[Si](C)(C)O.C[Si](C)(C)O.C[Si](C)(C)O.C[Si](C)(C)O[Si](C)(C)C.[OH-].[Pt]. The summed E-state index contributed by atoms with van der Waals surface area (Å²) in [6.07, 6.45) is 0. The van der Waals surface area contributed by atoms with E-state index in [1.165, 1.54) is 0 Å². The van der Waals surface area contributed by atoms with E-state index in [1.807, 2.05) is 58.9 Å². The average Bonchev–Trinajstić information content (AvgIpc) is 1.94. The molecule has 0 fully saturated rings. The second-order valence-corrected chi connectivity index (χ2v) is 42.1. The molecule has 0 heterocycles. The monoisotopic (exact) mass is 732 g/mol. The van der Waals surface area contributed by atoms with Gasteiger partial charge in [-0.25, -0.2) is 0 Å². The zero-order valence-electron chi connectivity index (χ0n) is 24.5. The quantitative estimate of drug-likeness (QED) is 0.269. The molecule has 0 bridgehead atoms. The molecule has 0 saturated carbocycles. The molecule has 0 aliphatic heterocycles. The van der Waals surface area contributed by atoms with Crippen molar-refractivity contribution in [1.29, 1.82) is 0 Å². The van der Waals surface area contributed by atoms with Gasteiger partial charge in [0.1, 0.15) is 0 Å². The van der Waals surface area contributed by atoms with E-state index in [2.05, 4.69) is 65.5 Å². The van der Waals surface area contributed by atoms with Gasteiger partial charge in [0.25, 0.3) is 0 Å². The third-order valence-corrected chi connectivity index (χ3v) is 5.51. The van der Waals surface area contributed by atoms with Crippen molar-refractivity contribution in [3.8, 4) is 0 Å². The summed E-state index contributed by atoms with van der Waals surface area (Å²) < 4.78 is 5.90. The largest absolute Gasteiger partial charge is 0.870 e. The van der Waals surface area contributed by atoms with E-state index in [0.717, 1.165) is 0 Å². The Hall–Kier alpha value is 1.79. The van der Waals surface area contributed by atoms with E-state index < -0.39 is 49.7 Å². The van der Waals surface area contributed by atoms with E-state index in [4.69, 9.17) is 18.5 Å². The fourth-order valence-corrected chi connectivity index (χ4v) is 8.27. The van der Waals surface area contributed by atoms with Crippen molar-refractivity contribution in [3.63, 3.8) is 0 Å². The summed E-state index contributed by atoms with van der Waals surface area (Å²) in [5, 5.41) is 0. The van der Waals surface area contributed by atoms with E-state index in [9.17, 15) is 0 Å². The minimum absolute atomic E-state index is 0. The maximum Gasteiger partial charge on any atom is 0.179 e. The molecular formula is C19H61O5PtSi6-. The zero-order chi connectivity index (χ0) is 25.7. The third-order valence-electron chi connectivity index (χ3n) is 0.612. The van der Waals surface area contributed by atoms with E-state index in [0.29, 0.717) is 0 Å². The summed E-state index contributed by atoms with van der Waals surface area (Å²) in [5.74, 6) is 0. The van der Waals surface area contributed by atoms with Crippen LogP contribution in [0.2, 0.25) is 124 Å². The van der Waals surface area contributed by atoms with Crippen molar-refractivity contribution in [2.24, 2.45) is 0 Å². The maximum atomic E-state index is 8.66. The van der Waals surface area contributed by atoms with Gasteiger partial charge in [-0.1, -0.05) is 26.2 Å².